The molecule has 0 saturated carbocycles. The Kier molecular flexibility index (Phi) is 1.75. The highest BCUT2D eigenvalue weighted by molar-refractivity contribution is 7.78. The summed E-state index contributed by atoms with van der Waals surface area (Å²) in [5.41, 5.74) is 4.44. The largest absolute Gasteiger partial charge is 0.351 e. The fourth-order valence-electron chi connectivity index (χ4n) is 0. The first-order chi connectivity index (χ1) is 2.27. The Morgan fingerprint density at radius 2 is 2.20 bits per heavy atom. The number of amides is 2. The number of hydrogen-bond acceptors (Lipinski definition) is 1. The van der Waals surface area contributed by atoms with Gasteiger partial charge in [-0.1, -0.05) is 0 Å². The monoisotopic (exact) mass is 91.0 g/mol. The zero-order valence-corrected chi connectivity index (χ0v) is 3.21. The molecule has 0 saturated heterocycles. The van der Waals surface area contributed by atoms with Gasteiger partial charge in [0.05, 0.1) is 0 Å². The van der Waals surface area contributed by atoms with Crippen LogP contribution in [0.5, 0.6) is 0 Å². The lowest BCUT2D eigenvalue weighted by Gasteiger charge is -1.77. The van der Waals surface area contributed by atoms with Crippen LogP contribution in [0.2, 0.25) is 0 Å². The van der Waals surface area contributed by atoms with Crippen LogP contribution >= 0.6 is 12.8 Å². The Morgan fingerprint density at radius 3 is 2.20 bits per heavy atom. The minimum atomic E-state index is -0.681. The van der Waals surface area contributed by atoms with Gasteiger partial charge in [0.1, 0.15) is 0 Å². The van der Waals surface area contributed by atoms with Crippen molar-refractivity contribution in [2.75, 3.05) is 0 Å². The molecular weight excluding hydrogens is 88.1 g/mol. The van der Waals surface area contributed by atoms with Gasteiger partial charge in [-0.3, -0.25) is 4.72 Å². The predicted octanol–water partition coefficient (Wildman–Crippen LogP) is -0.233. The molecule has 0 heterocycles. The Balaban J connectivity index is 2.85. The van der Waals surface area contributed by atoms with Crippen LogP contribution in [0.1, 0.15) is 0 Å². The molecule has 0 aromatic rings. The van der Waals surface area contributed by atoms with Crippen molar-refractivity contribution in [3.05, 3.63) is 0 Å². The summed E-state index contributed by atoms with van der Waals surface area (Å²) in [6, 6.07) is -0.681. The second-order valence-corrected chi connectivity index (χ2v) is 0.670. The molecule has 1 radical (unpaired) electrons. The van der Waals surface area contributed by atoms with Gasteiger partial charge >= 0.3 is 6.03 Å². The van der Waals surface area contributed by atoms with Crippen LogP contribution in [0.4, 0.5) is 4.79 Å². The maximum Gasteiger partial charge on any atom is 0.322 e. The summed E-state index contributed by atoms with van der Waals surface area (Å²) < 4.78 is 1.75. The summed E-state index contributed by atoms with van der Waals surface area (Å²) in [7, 11) is 0. The number of primary amides is 1. The number of nitrogens with one attached hydrogen (secondary N) is 1. The van der Waals surface area contributed by atoms with E-state index in [0.29, 0.717) is 0 Å². The molecule has 0 aromatic carbocycles. The maximum absolute atomic E-state index is 9.38. The minimum Gasteiger partial charge on any atom is -0.351 e. The lowest BCUT2D eigenvalue weighted by molar-refractivity contribution is 0.254. The lowest BCUT2D eigenvalue weighted by Crippen LogP contribution is -2.20. The summed E-state index contributed by atoms with van der Waals surface area (Å²) in [6.07, 6.45) is 0. The molecule has 5 heavy (non-hydrogen) atoms. The summed E-state index contributed by atoms with van der Waals surface area (Å²) in [5.74, 6) is 0. The summed E-state index contributed by atoms with van der Waals surface area (Å²) in [4.78, 5) is 9.38. The third-order valence-electron chi connectivity index (χ3n) is 0.101. The fourth-order valence-corrected chi connectivity index (χ4v) is 0. The van der Waals surface area contributed by atoms with E-state index in [1.54, 1.807) is 4.72 Å². The van der Waals surface area contributed by atoms with Crippen LogP contribution in [-0.2, 0) is 0 Å². The molecule has 0 bridgehead atoms. The maximum atomic E-state index is 9.38. The molecular formula is CH3N2OS. The van der Waals surface area contributed by atoms with Gasteiger partial charge in [0.2, 0.25) is 0 Å². The highest BCUT2D eigenvalue weighted by Crippen LogP contribution is 1.52. The molecule has 0 aromatic heterocycles. The van der Waals surface area contributed by atoms with Gasteiger partial charge in [0.25, 0.3) is 0 Å². The first-order valence-corrected chi connectivity index (χ1v) is 1.36. The number of urea groups is 1. The van der Waals surface area contributed by atoms with Gasteiger partial charge in [-0.05, 0) is 0 Å². The van der Waals surface area contributed by atoms with E-state index in [1.807, 2.05) is 0 Å². The molecule has 0 fully saturated rings. The molecule has 0 atom stereocenters. The van der Waals surface area contributed by atoms with Crippen molar-refractivity contribution >= 4 is 18.8 Å². The quantitative estimate of drug-likeness (QED) is 0.425. The van der Waals surface area contributed by atoms with Gasteiger partial charge in [0.15, 0.2) is 0 Å². The molecule has 0 aliphatic rings. The zero-order valence-electron chi connectivity index (χ0n) is 2.39. The molecule has 29 valence electrons. The smallest absolute Gasteiger partial charge is 0.322 e. The van der Waals surface area contributed by atoms with E-state index in [9.17, 15) is 4.79 Å². The zero-order chi connectivity index (χ0) is 4.28. The highest BCUT2D eigenvalue weighted by Gasteiger charge is 1.75. The van der Waals surface area contributed by atoms with Gasteiger partial charge in [0, 0.05) is 12.8 Å². The molecule has 0 spiro atoms. The van der Waals surface area contributed by atoms with E-state index in [-0.39, 0.29) is 0 Å². The predicted molar refractivity (Wildman–Crippen MR) is 20.3 cm³/mol. The van der Waals surface area contributed by atoms with E-state index >= 15 is 0 Å². The van der Waals surface area contributed by atoms with Gasteiger partial charge in [-0.15, -0.1) is 0 Å². The van der Waals surface area contributed by atoms with E-state index < -0.39 is 6.03 Å². The van der Waals surface area contributed by atoms with Crippen LogP contribution in [0.15, 0.2) is 0 Å². The SMILES string of the molecule is NC(=O)N[S]. The standard InChI is InChI=1S/CH3N2OS/c2-1(4)3-5/h(H3,2,3,4). The summed E-state index contributed by atoms with van der Waals surface area (Å²) in [6.45, 7) is 0. The van der Waals surface area contributed by atoms with E-state index in [4.69, 9.17) is 0 Å². The van der Waals surface area contributed by atoms with Crippen LogP contribution in [-0.4, -0.2) is 6.03 Å². The second-order valence-electron chi connectivity index (χ2n) is 0.466. The van der Waals surface area contributed by atoms with Crippen LogP contribution in [0, 0.1) is 0 Å². The average Bonchev–Trinajstić information content (AvgIpc) is 1.38. The second kappa shape index (κ2) is 1.90. The van der Waals surface area contributed by atoms with Gasteiger partial charge in [-0.2, -0.15) is 0 Å². The van der Waals surface area contributed by atoms with Crippen molar-refractivity contribution < 1.29 is 4.79 Å². The molecule has 4 heteroatoms. The molecule has 0 aliphatic carbocycles. The number of nitrogens with two attached hydrogens (primary N) is 1. The Bertz CT molecular complexity index is 44.9. The summed E-state index contributed by atoms with van der Waals surface area (Å²) in [5, 5.41) is 0. The number of rotatable bonds is 0. The van der Waals surface area contributed by atoms with E-state index in [1.165, 1.54) is 0 Å². The van der Waals surface area contributed by atoms with Crippen LogP contribution < -0.4 is 10.5 Å². The average molecular weight is 91.1 g/mol. The van der Waals surface area contributed by atoms with Crippen molar-refractivity contribution in [1.82, 2.24) is 4.72 Å². The number of carbonyl (C=O) groups is 1. The molecule has 3 N–H and O–H groups in total. The normalized spacial score (nSPS) is 6.60. The van der Waals surface area contributed by atoms with E-state index in [0.717, 1.165) is 0 Å². The van der Waals surface area contributed by atoms with Crippen LogP contribution in [0.3, 0.4) is 0 Å². The molecule has 3 nitrogen and oxygen atoms in total. The van der Waals surface area contributed by atoms with Crippen molar-refractivity contribution in [2.24, 2.45) is 5.73 Å². The third kappa shape index (κ3) is 3.62. The summed E-state index contributed by atoms with van der Waals surface area (Å²) >= 11 is 3.95. The lowest BCUT2D eigenvalue weighted by atomic mass is 11.2. The van der Waals surface area contributed by atoms with E-state index in [2.05, 4.69) is 18.5 Å². The highest BCUT2D eigenvalue weighted by atomic mass is 32.1. The topological polar surface area (TPSA) is 55.1 Å². The molecule has 2 amide bonds. The van der Waals surface area contributed by atoms with Crippen molar-refractivity contribution in [3.63, 3.8) is 0 Å². The van der Waals surface area contributed by atoms with Crippen LogP contribution in [0.25, 0.3) is 0 Å². The Hall–Kier alpha value is -0.380. The molecule has 0 rings (SSSR count). The Labute approximate surface area is 35.1 Å². The molecule has 0 unspecified atom stereocenters. The molecule has 0 aliphatic heterocycles. The van der Waals surface area contributed by atoms with Gasteiger partial charge in [-0.25, -0.2) is 4.79 Å². The first-order valence-electron chi connectivity index (χ1n) is 0.947. The minimum absolute atomic E-state index is 0.681. The van der Waals surface area contributed by atoms with Crippen molar-refractivity contribution in [1.29, 1.82) is 0 Å². The van der Waals surface area contributed by atoms with Crippen molar-refractivity contribution in [3.8, 4) is 0 Å². The van der Waals surface area contributed by atoms with Crippen molar-refractivity contribution in [2.45, 2.75) is 0 Å². The Morgan fingerprint density at radius 1 is 2.00 bits per heavy atom. The number of hydrogen-bond donors (Lipinski definition) is 2. The third-order valence-corrected chi connectivity index (χ3v) is 0.302. The number of carbonyl (C=O) groups excluding carboxylic acids is 1. The van der Waals surface area contributed by atoms with Gasteiger partial charge < -0.3 is 5.73 Å². The first kappa shape index (κ1) is 4.62. The fraction of sp³-hybridized carbons (Fsp3) is 0.